The molecule has 0 aromatic heterocycles. The minimum absolute atomic E-state index is 0.0376. The molecule has 136 valence electrons. The van der Waals surface area contributed by atoms with Gasteiger partial charge in [0.15, 0.2) is 5.78 Å². The molecule has 1 aliphatic rings. The van der Waals surface area contributed by atoms with Gasteiger partial charge in [0.1, 0.15) is 5.82 Å². The van der Waals surface area contributed by atoms with Crippen molar-refractivity contribution < 1.29 is 14.0 Å². The van der Waals surface area contributed by atoms with E-state index >= 15 is 0 Å². The molecule has 0 atom stereocenters. The number of benzene rings is 2. The van der Waals surface area contributed by atoms with Gasteiger partial charge in [-0.2, -0.15) is 0 Å². The van der Waals surface area contributed by atoms with Crippen molar-refractivity contribution in [3.05, 3.63) is 59.4 Å². The van der Waals surface area contributed by atoms with E-state index in [0.29, 0.717) is 16.9 Å². The van der Waals surface area contributed by atoms with Gasteiger partial charge in [-0.05, 0) is 56.4 Å². The Morgan fingerprint density at radius 2 is 1.58 bits per heavy atom. The maximum Gasteiger partial charge on any atom is 0.255 e. The van der Waals surface area contributed by atoms with Gasteiger partial charge in [0.25, 0.3) is 5.91 Å². The smallest absolute Gasteiger partial charge is 0.255 e. The first-order chi connectivity index (χ1) is 12.4. The van der Waals surface area contributed by atoms with Crippen molar-refractivity contribution >= 4 is 23.1 Å². The van der Waals surface area contributed by atoms with Crippen LogP contribution in [-0.4, -0.2) is 49.8 Å². The molecule has 2 aromatic rings. The number of nitrogens with zero attached hydrogens (tertiary/aromatic N) is 2. The number of nitrogens with one attached hydrogen (secondary N) is 1. The Labute approximate surface area is 152 Å². The van der Waals surface area contributed by atoms with Gasteiger partial charge in [-0.3, -0.25) is 9.59 Å². The van der Waals surface area contributed by atoms with Gasteiger partial charge in [-0.25, -0.2) is 4.39 Å². The van der Waals surface area contributed by atoms with E-state index in [2.05, 4.69) is 10.2 Å². The van der Waals surface area contributed by atoms with Crippen LogP contribution in [0.25, 0.3) is 0 Å². The summed E-state index contributed by atoms with van der Waals surface area (Å²) in [5.41, 5.74) is 1.92. The number of anilines is 2. The average molecular weight is 355 g/mol. The summed E-state index contributed by atoms with van der Waals surface area (Å²) in [6.45, 7) is 4.79. The van der Waals surface area contributed by atoms with E-state index in [-0.39, 0.29) is 17.3 Å². The van der Waals surface area contributed by atoms with Crippen molar-refractivity contribution in [3.63, 3.8) is 0 Å². The predicted molar refractivity (Wildman–Crippen MR) is 101 cm³/mol. The van der Waals surface area contributed by atoms with Crippen molar-refractivity contribution in [2.45, 2.75) is 6.92 Å². The van der Waals surface area contributed by atoms with Gasteiger partial charge >= 0.3 is 0 Å². The van der Waals surface area contributed by atoms with Gasteiger partial charge in [0.2, 0.25) is 0 Å². The normalized spacial score (nSPS) is 15.0. The molecule has 0 spiro atoms. The molecule has 0 bridgehead atoms. The molecule has 0 radical (unpaired) electrons. The van der Waals surface area contributed by atoms with E-state index in [1.54, 1.807) is 36.4 Å². The van der Waals surface area contributed by atoms with E-state index in [0.717, 1.165) is 26.2 Å². The molecule has 1 saturated heterocycles. The Kier molecular flexibility index (Phi) is 5.32. The molecule has 2 aromatic carbocycles. The molecule has 1 heterocycles. The zero-order valence-corrected chi connectivity index (χ0v) is 15.0. The Morgan fingerprint density at radius 3 is 2.15 bits per heavy atom. The van der Waals surface area contributed by atoms with Crippen LogP contribution < -0.4 is 10.2 Å². The highest BCUT2D eigenvalue weighted by atomic mass is 19.1. The van der Waals surface area contributed by atoms with Crippen LogP contribution in [0.3, 0.4) is 0 Å². The molecular formula is C20H22FN3O2. The van der Waals surface area contributed by atoms with Crippen molar-refractivity contribution in [1.29, 1.82) is 0 Å². The van der Waals surface area contributed by atoms with Gasteiger partial charge in [-0.1, -0.05) is 0 Å². The fourth-order valence-corrected chi connectivity index (χ4v) is 2.94. The molecule has 3 rings (SSSR count). The van der Waals surface area contributed by atoms with Crippen molar-refractivity contribution in [1.82, 2.24) is 4.90 Å². The summed E-state index contributed by atoms with van der Waals surface area (Å²) in [4.78, 5) is 27.8. The molecule has 1 aliphatic heterocycles. The van der Waals surface area contributed by atoms with Gasteiger partial charge in [0, 0.05) is 43.0 Å². The van der Waals surface area contributed by atoms with Gasteiger partial charge in [0.05, 0.1) is 5.69 Å². The number of hydrogen-bond donors (Lipinski definition) is 1. The van der Waals surface area contributed by atoms with E-state index in [1.165, 1.54) is 13.0 Å². The number of hydrogen-bond acceptors (Lipinski definition) is 4. The number of piperazine rings is 1. The van der Waals surface area contributed by atoms with E-state index < -0.39 is 5.82 Å². The summed E-state index contributed by atoms with van der Waals surface area (Å²) in [5.74, 6) is -0.817. The van der Waals surface area contributed by atoms with Crippen molar-refractivity contribution in [3.8, 4) is 0 Å². The summed E-state index contributed by atoms with van der Waals surface area (Å²) < 4.78 is 14.5. The molecule has 1 fully saturated rings. The van der Waals surface area contributed by atoms with Crippen molar-refractivity contribution in [2.75, 3.05) is 43.4 Å². The number of halogens is 1. The van der Waals surface area contributed by atoms with Crippen molar-refractivity contribution in [2.24, 2.45) is 0 Å². The standard InChI is InChI=1S/C20H22FN3O2/c1-14(25)15-3-6-17(7-4-15)22-20(26)16-5-8-19(18(21)13-16)24-11-9-23(2)10-12-24/h3-8,13H,9-12H2,1-2H3,(H,22,26). The lowest BCUT2D eigenvalue weighted by Gasteiger charge is -2.34. The van der Waals surface area contributed by atoms with Crippen LogP contribution >= 0.6 is 0 Å². The Balaban J connectivity index is 1.70. The predicted octanol–water partition coefficient (Wildman–Crippen LogP) is 3.03. The number of likely N-dealkylation sites (N-methyl/N-ethyl adjacent to an activating group) is 1. The Bertz CT molecular complexity index is 812. The van der Waals surface area contributed by atoms with Crippen LogP contribution in [0, 0.1) is 5.82 Å². The van der Waals surface area contributed by atoms with Crippen LogP contribution in [0.4, 0.5) is 15.8 Å². The number of rotatable bonds is 4. The van der Waals surface area contributed by atoms with E-state index in [1.807, 2.05) is 11.9 Å². The summed E-state index contributed by atoms with van der Waals surface area (Å²) in [6, 6.07) is 11.2. The Hall–Kier alpha value is -2.73. The highest BCUT2D eigenvalue weighted by Crippen LogP contribution is 2.22. The van der Waals surface area contributed by atoms with E-state index in [9.17, 15) is 14.0 Å². The lowest BCUT2D eigenvalue weighted by Crippen LogP contribution is -2.44. The molecule has 6 heteroatoms. The third-order valence-electron chi connectivity index (χ3n) is 4.60. The second kappa shape index (κ2) is 7.66. The second-order valence-electron chi connectivity index (χ2n) is 6.54. The first-order valence-corrected chi connectivity index (χ1v) is 8.59. The monoisotopic (exact) mass is 355 g/mol. The molecular weight excluding hydrogens is 333 g/mol. The second-order valence-corrected chi connectivity index (χ2v) is 6.54. The quantitative estimate of drug-likeness (QED) is 0.857. The van der Waals surface area contributed by atoms with Crippen LogP contribution in [0.1, 0.15) is 27.6 Å². The number of Topliss-reactive ketones (excluding diaryl/α,β-unsaturated/α-hetero) is 1. The van der Waals surface area contributed by atoms with E-state index in [4.69, 9.17) is 0 Å². The largest absolute Gasteiger partial charge is 0.367 e. The molecule has 26 heavy (non-hydrogen) atoms. The van der Waals surface area contributed by atoms with Gasteiger partial charge in [-0.15, -0.1) is 0 Å². The Morgan fingerprint density at radius 1 is 0.962 bits per heavy atom. The van der Waals surface area contributed by atoms with Crippen LogP contribution in [0.5, 0.6) is 0 Å². The average Bonchev–Trinajstić information content (AvgIpc) is 2.63. The number of ketones is 1. The molecule has 1 amide bonds. The fourth-order valence-electron chi connectivity index (χ4n) is 2.94. The molecule has 0 unspecified atom stereocenters. The topological polar surface area (TPSA) is 52.7 Å². The summed E-state index contributed by atoms with van der Waals surface area (Å²) in [7, 11) is 2.05. The molecule has 0 aliphatic carbocycles. The highest BCUT2D eigenvalue weighted by molar-refractivity contribution is 6.04. The minimum Gasteiger partial charge on any atom is -0.367 e. The summed E-state index contributed by atoms with van der Waals surface area (Å²) >= 11 is 0. The van der Waals surface area contributed by atoms with Crippen LogP contribution in [-0.2, 0) is 0 Å². The first kappa shape index (κ1) is 18.1. The van der Waals surface area contributed by atoms with Crippen LogP contribution in [0.2, 0.25) is 0 Å². The number of amides is 1. The number of carbonyl (C=O) groups excluding carboxylic acids is 2. The molecule has 1 N–H and O–H groups in total. The van der Waals surface area contributed by atoms with Crippen LogP contribution in [0.15, 0.2) is 42.5 Å². The molecule has 0 saturated carbocycles. The highest BCUT2D eigenvalue weighted by Gasteiger charge is 2.18. The third-order valence-corrected chi connectivity index (χ3v) is 4.60. The lowest BCUT2D eigenvalue weighted by molar-refractivity contribution is 0.101. The van der Waals surface area contributed by atoms with Gasteiger partial charge < -0.3 is 15.1 Å². The zero-order valence-electron chi connectivity index (χ0n) is 15.0. The maximum atomic E-state index is 14.5. The SMILES string of the molecule is CC(=O)c1ccc(NC(=O)c2ccc(N3CCN(C)CC3)c(F)c2)cc1. The first-order valence-electron chi connectivity index (χ1n) is 8.59. The number of carbonyl (C=O) groups is 2. The lowest BCUT2D eigenvalue weighted by atomic mass is 10.1. The maximum absolute atomic E-state index is 14.5. The zero-order chi connectivity index (χ0) is 18.7. The molecule has 5 nitrogen and oxygen atoms in total. The summed E-state index contributed by atoms with van der Waals surface area (Å²) in [5, 5.41) is 2.72. The summed E-state index contributed by atoms with van der Waals surface area (Å²) in [6.07, 6.45) is 0. The third kappa shape index (κ3) is 4.08. The fraction of sp³-hybridized carbons (Fsp3) is 0.300. The minimum atomic E-state index is -0.394.